The van der Waals surface area contributed by atoms with Crippen LogP contribution < -0.4 is 5.32 Å². The Hall–Kier alpha value is -3.35. The summed E-state index contributed by atoms with van der Waals surface area (Å²) < 4.78 is 59.1. The molecule has 13 heteroatoms. The molecule has 0 aliphatic carbocycles. The van der Waals surface area contributed by atoms with E-state index >= 15 is 0 Å². The topological polar surface area (TPSA) is 101 Å². The molecule has 3 rings (SSSR count). The van der Waals surface area contributed by atoms with Gasteiger partial charge in [-0.3, -0.25) is 4.21 Å². The molecule has 0 bridgehead atoms. The van der Waals surface area contributed by atoms with Gasteiger partial charge in [-0.2, -0.15) is 18.4 Å². The number of nitrogens with zero attached hydrogens (tertiary/aromatic N) is 4. The van der Waals surface area contributed by atoms with Gasteiger partial charge in [0.25, 0.3) is 0 Å². The zero-order chi connectivity index (χ0) is 24.6. The largest absolute Gasteiger partial charge is 0.466 e. The number of rotatable bonds is 5. The van der Waals surface area contributed by atoms with Crippen LogP contribution in [0, 0.1) is 17.9 Å². The van der Waals surface area contributed by atoms with Crippen molar-refractivity contribution in [3.8, 4) is 11.8 Å². The summed E-state index contributed by atoms with van der Waals surface area (Å²) in [6.07, 6.45) is -3.06. The zero-order valence-electron chi connectivity index (χ0n) is 17.2. The summed E-state index contributed by atoms with van der Waals surface area (Å²) in [6.45, 7) is 9.03. The molecule has 1 N–H and O–H groups in total. The van der Waals surface area contributed by atoms with Gasteiger partial charge in [0.1, 0.15) is 10.6 Å². The van der Waals surface area contributed by atoms with Crippen molar-refractivity contribution in [1.29, 1.82) is 5.26 Å². The van der Waals surface area contributed by atoms with E-state index in [0.717, 1.165) is 23.9 Å². The molecule has 1 aromatic heterocycles. The van der Waals surface area contributed by atoms with Crippen molar-refractivity contribution in [2.24, 2.45) is 0 Å². The summed E-state index contributed by atoms with van der Waals surface area (Å²) in [7, 11) is -0.580. The van der Waals surface area contributed by atoms with E-state index < -0.39 is 40.5 Å². The highest BCUT2D eigenvalue weighted by Gasteiger charge is 2.45. The van der Waals surface area contributed by atoms with Gasteiger partial charge in [0.05, 0.1) is 35.7 Å². The number of nitrogens with one attached hydrogen (secondary N) is 1. The van der Waals surface area contributed by atoms with Crippen molar-refractivity contribution >= 4 is 40.0 Å². The van der Waals surface area contributed by atoms with Crippen LogP contribution >= 0.6 is 11.6 Å². The Morgan fingerprint density at radius 2 is 2.21 bits per heavy atom. The maximum atomic E-state index is 13.6. The monoisotopic (exact) mass is 497 g/mol. The third-order valence-electron chi connectivity index (χ3n) is 4.91. The third-order valence-corrected chi connectivity index (χ3v) is 6.55. The predicted molar refractivity (Wildman–Crippen MR) is 113 cm³/mol. The van der Waals surface area contributed by atoms with Crippen molar-refractivity contribution in [2.75, 3.05) is 18.2 Å². The van der Waals surface area contributed by atoms with Crippen LogP contribution in [0.2, 0.25) is 5.02 Å². The molecule has 172 valence electrons. The lowest BCUT2D eigenvalue weighted by Gasteiger charge is -2.37. The molecule has 1 aliphatic rings. The van der Waals surface area contributed by atoms with Crippen LogP contribution in [-0.4, -0.2) is 32.8 Å². The van der Waals surface area contributed by atoms with Crippen LogP contribution in [0.3, 0.4) is 0 Å². The number of alkyl halides is 3. The Balaban J connectivity index is 2.47. The molecule has 0 saturated carbocycles. The van der Waals surface area contributed by atoms with Crippen LogP contribution in [-0.2, 0) is 32.0 Å². The van der Waals surface area contributed by atoms with Crippen molar-refractivity contribution < 1.29 is 26.9 Å². The van der Waals surface area contributed by atoms with Gasteiger partial charge in [-0.25, -0.2) is 4.79 Å². The molecule has 0 fully saturated rings. The second kappa shape index (κ2) is 8.89. The van der Waals surface area contributed by atoms with E-state index in [9.17, 15) is 27.4 Å². The fourth-order valence-electron chi connectivity index (χ4n) is 3.42. The minimum atomic E-state index is -4.76. The number of carbonyl (C=O) groups excluding carboxylic acids is 1. The number of carbonyl (C=O) groups is 1. The zero-order valence-corrected chi connectivity index (χ0v) is 18.7. The average molecular weight is 498 g/mol. The molecular formula is C20H15ClF3N5O3S. The normalized spacial score (nSPS) is 17.9. The van der Waals surface area contributed by atoms with E-state index in [0.29, 0.717) is 6.07 Å². The van der Waals surface area contributed by atoms with E-state index in [1.54, 1.807) is 6.92 Å². The maximum Gasteiger partial charge on any atom is 0.416 e. The number of hydrogen-bond donors (Lipinski definition) is 1. The SMILES string of the molecule is [C-]#[N+]c1nn2c(c1S(=O)CC)NC(/C=C/C(=O)OC)(CC#N)c1cc(C(F)(F)F)cc(Cl)c1-2. The molecule has 2 unspecified atom stereocenters. The second-order valence-corrected chi connectivity index (χ2v) is 8.88. The van der Waals surface area contributed by atoms with Crippen LogP contribution in [0.4, 0.5) is 24.8 Å². The number of fused-ring (bicyclic) bond motifs is 3. The van der Waals surface area contributed by atoms with Gasteiger partial charge < -0.3 is 14.9 Å². The minimum Gasteiger partial charge on any atom is -0.466 e. The lowest BCUT2D eigenvalue weighted by atomic mass is 9.83. The number of methoxy groups -OCH3 is 1. The summed E-state index contributed by atoms with van der Waals surface area (Å²) >= 11 is 6.28. The molecule has 0 saturated heterocycles. The first-order valence-electron chi connectivity index (χ1n) is 9.25. The molecule has 1 aromatic carbocycles. The van der Waals surface area contributed by atoms with E-state index in [4.69, 9.17) is 18.2 Å². The lowest BCUT2D eigenvalue weighted by Crippen LogP contribution is -2.39. The summed E-state index contributed by atoms with van der Waals surface area (Å²) in [6, 6.07) is 3.39. The first-order chi connectivity index (χ1) is 15.5. The van der Waals surface area contributed by atoms with Crippen molar-refractivity contribution in [3.05, 3.63) is 51.9 Å². The summed E-state index contributed by atoms with van der Waals surface area (Å²) in [5, 5.41) is 16.2. The number of anilines is 1. The van der Waals surface area contributed by atoms with Gasteiger partial charge in [-0.05, 0) is 23.3 Å². The number of benzene rings is 1. The second-order valence-electron chi connectivity index (χ2n) is 6.80. The molecule has 0 spiro atoms. The lowest BCUT2D eigenvalue weighted by molar-refractivity contribution is -0.137. The van der Waals surface area contributed by atoms with Gasteiger partial charge in [0.15, 0.2) is 5.82 Å². The smallest absolute Gasteiger partial charge is 0.416 e. The predicted octanol–water partition coefficient (Wildman–Crippen LogP) is 4.49. The molecule has 33 heavy (non-hydrogen) atoms. The number of aromatic nitrogens is 2. The molecule has 0 amide bonds. The van der Waals surface area contributed by atoms with Gasteiger partial charge in [-0.1, -0.05) is 25.1 Å². The Kier molecular flexibility index (Phi) is 6.54. The summed E-state index contributed by atoms with van der Waals surface area (Å²) in [5.41, 5.74) is -2.93. The Morgan fingerprint density at radius 1 is 1.52 bits per heavy atom. The third kappa shape index (κ3) is 4.19. The van der Waals surface area contributed by atoms with E-state index in [1.807, 2.05) is 6.07 Å². The Labute approximate surface area is 193 Å². The van der Waals surface area contributed by atoms with Crippen molar-refractivity contribution in [3.63, 3.8) is 0 Å². The number of nitriles is 1. The molecule has 8 nitrogen and oxygen atoms in total. The average Bonchev–Trinajstić information content (AvgIpc) is 3.14. The summed E-state index contributed by atoms with van der Waals surface area (Å²) in [5.74, 6) is -0.892. The number of ether oxygens (including phenoxy) is 1. The molecule has 2 atom stereocenters. The van der Waals surface area contributed by atoms with Crippen LogP contribution in [0.25, 0.3) is 10.5 Å². The van der Waals surface area contributed by atoms with Crippen molar-refractivity contribution in [1.82, 2.24) is 9.78 Å². The van der Waals surface area contributed by atoms with E-state index in [2.05, 4.69) is 20.0 Å². The first kappa shape index (κ1) is 24.3. The maximum absolute atomic E-state index is 13.6. The van der Waals surface area contributed by atoms with Gasteiger partial charge in [-0.15, -0.1) is 4.68 Å². The highest BCUT2D eigenvalue weighted by Crippen LogP contribution is 2.48. The minimum absolute atomic E-state index is 0.0166. The van der Waals surface area contributed by atoms with Crippen LogP contribution in [0.1, 0.15) is 24.5 Å². The van der Waals surface area contributed by atoms with Crippen LogP contribution in [0.15, 0.2) is 29.2 Å². The molecule has 2 aromatic rings. The van der Waals surface area contributed by atoms with E-state index in [-0.39, 0.29) is 38.6 Å². The Bertz CT molecular complexity index is 1280. The highest BCUT2D eigenvalue weighted by atomic mass is 35.5. The van der Waals surface area contributed by atoms with Gasteiger partial charge in [0, 0.05) is 28.2 Å². The summed E-state index contributed by atoms with van der Waals surface area (Å²) in [4.78, 5) is 15.1. The standard InChI is InChI=1S/C20H15ClF3N5O3S/c1-4-33(31)16-17(26-2)28-29-15-12(9-11(10-13(15)21)20(22,23)24)19(7-8-25,27-18(16)29)6-5-14(30)32-3/h5-6,9-10,27H,4,7H2,1,3H3/b6-5+. The molecule has 0 radical (unpaired) electrons. The highest BCUT2D eigenvalue weighted by molar-refractivity contribution is 7.85. The fourth-order valence-corrected chi connectivity index (χ4v) is 4.65. The van der Waals surface area contributed by atoms with Crippen LogP contribution in [0.5, 0.6) is 0 Å². The van der Waals surface area contributed by atoms with E-state index in [1.165, 1.54) is 6.08 Å². The van der Waals surface area contributed by atoms with Gasteiger partial charge >= 0.3 is 18.0 Å². The molecule has 1 aliphatic heterocycles. The first-order valence-corrected chi connectivity index (χ1v) is 11.0. The Morgan fingerprint density at radius 3 is 2.76 bits per heavy atom. The number of halogens is 4. The number of esters is 1. The fraction of sp³-hybridized carbons (Fsp3) is 0.300. The quantitative estimate of drug-likeness (QED) is 0.371. The number of hydrogen-bond acceptors (Lipinski definition) is 6. The molecular weight excluding hydrogens is 483 g/mol. The molecule has 2 heterocycles. The van der Waals surface area contributed by atoms with Crippen molar-refractivity contribution in [2.45, 2.75) is 30.0 Å². The van der Waals surface area contributed by atoms with Gasteiger partial charge in [0.2, 0.25) is 0 Å².